The van der Waals surface area contributed by atoms with Gasteiger partial charge in [0.1, 0.15) is 0 Å². The van der Waals surface area contributed by atoms with E-state index in [2.05, 4.69) is 191 Å². The summed E-state index contributed by atoms with van der Waals surface area (Å²) in [5.41, 5.74) is 12.1. The van der Waals surface area contributed by atoms with Crippen molar-refractivity contribution in [1.29, 1.82) is 0 Å². The van der Waals surface area contributed by atoms with Crippen molar-refractivity contribution in [2.24, 2.45) is 0 Å². The Morgan fingerprint density at radius 2 is 0.708 bits per heavy atom. The molecule has 0 aliphatic rings. The lowest BCUT2D eigenvalue weighted by Gasteiger charge is -2.11. The summed E-state index contributed by atoms with van der Waals surface area (Å²) in [5, 5.41) is 7.66. The Morgan fingerprint density at radius 1 is 0.271 bits per heavy atom. The van der Waals surface area contributed by atoms with E-state index < -0.39 is 0 Å². The van der Waals surface area contributed by atoms with Crippen LogP contribution in [-0.4, -0.2) is 9.13 Å². The topological polar surface area (TPSA) is 9.86 Å². The lowest BCUT2D eigenvalue weighted by atomic mass is 9.98. The molecule has 10 rings (SSSR count). The third kappa shape index (κ3) is 4.06. The first kappa shape index (κ1) is 26.8. The van der Waals surface area contributed by atoms with Crippen molar-refractivity contribution in [3.8, 4) is 33.6 Å². The summed E-state index contributed by atoms with van der Waals surface area (Å²) < 4.78 is 4.82. The molecule has 0 saturated heterocycles. The minimum atomic E-state index is 1.16. The molecule has 10 aromatic rings. The molecule has 0 spiro atoms. The first-order valence-electron chi connectivity index (χ1n) is 16.5. The van der Waals surface area contributed by atoms with E-state index in [1.807, 2.05) is 0 Å². The minimum absolute atomic E-state index is 1.16. The van der Waals surface area contributed by atoms with Crippen LogP contribution in [0.4, 0.5) is 0 Å². The van der Waals surface area contributed by atoms with Gasteiger partial charge in [0.15, 0.2) is 0 Å². The van der Waals surface area contributed by atoms with Crippen LogP contribution in [0.1, 0.15) is 0 Å². The van der Waals surface area contributed by atoms with E-state index in [1.165, 1.54) is 82.3 Å². The Hall–Kier alpha value is -6.38. The molecule has 0 amide bonds. The van der Waals surface area contributed by atoms with E-state index in [0.29, 0.717) is 0 Å². The molecule has 0 fully saturated rings. The van der Waals surface area contributed by atoms with Crippen LogP contribution < -0.4 is 0 Å². The number of benzene rings is 8. The molecule has 0 radical (unpaired) electrons. The minimum Gasteiger partial charge on any atom is -0.309 e. The monoisotopic (exact) mass is 610 g/mol. The van der Waals surface area contributed by atoms with Gasteiger partial charge in [-0.1, -0.05) is 127 Å². The summed E-state index contributed by atoms with van der Waals surface area (Å²) in [5.74, 6) is 0. The largest absolute Gasteiger partial charge is 0.309 e. The molecule has 2 heterocycles. The Balaban J connectivity index is 1.09. The molecule has 0 unspecified atom stereocenters. The molecule has 0 bridgehead atoms. The second kappa shape index (κ2) is 10.6. The zero-order chi connectivity index (χ0) is 31.6. The molecule has 8 aromatic carbocycles. The van der Waals surface area contributed by atoms with Gasteiger partial charge in [-0.25, -0.2) is 0 Å². The lowest BCUT2D eigenvalue weighted by molar-refractivity contribution is 1.17. The molecule has 2 nitrogen and oxygen atoms in total. The number of aromatic nitrogens is 2. The highest BCUT2D eigenvalue weighted by Crippen LogP contribution is 2.42. The molecule has 0 saturated carbocycles. The predicted octanol–water partition coefficient (Wildman–Crippen LogP) is 12.4. The van der Waals surface area contributed by atoms with Gasteiger partial charge in [0.05, 0.1) is 22.1 Å². The first-order chi connectivity index (χ1) is 23.8. The fourth-order valence-electron chi connectivity index (χ4n) is 7.68. The Morgan fingerprint density at radius 3 is 1.31 bits per heavy atom. The Labute approximate surface area is 278 Å². The number of rotatable bonds is 4. The molecular formula is C46H30N2. The van der Waals surface area contributed by atoms with Crippen LogP contribution in [0.3, 0.4) is 0 Å². The number of fused-ring (bicyclic) bond motifs is 8. The van der Waals surface area contributed by atoms with E-state index >= 15 is 0 Å². The van der Waals surface area contributed by atoms with Crippen LogP contribution in [0.2, 0.25) is 0 Å². The van der Waals surface area contributed by atoms with E-state index in [4.69, 9.17) is 0 Å². The highest BCUT2D eigenvalue weighted by Gasteiger charge is 2.20. The standard InChI is InChI=1S/C46H30N2/c1-2-12-37(13-3-1)47-41-16-8-6-14-39(41)45-43(47)28-29-44-46(45)40-15-7-9-17-42(40)48(44)38-26-24-33(25-27-38)32-18-20-34(21-19-32)36-23-22-31-10-4-5-11-35(31)30-36/h1-30H. The summed E-state index contributed by atoms with van der Waals surface area (Å²) in [7, 11) is 0. The van der Waals surface area contributed by atoms with Crippen LogP contribution in [0, 0.1) is 0 Å². The van der Waals surface area contributed by atoms with Crippen LogP contribution in [0.25, 0.3) is 88.0 Å². The third-order valence-corrected chi connectivity index (χ3v) is 9.91. The molecule has 224 valence electrons. The van der Waals surface area contributed by atoms with E-state index in [0.717, 1.165) is 5.69 Å². The van der Waals surface area contributed by atoms with Crippen molar-refractivity contribution >= 4 is 54.4 Å². The molecular weight excluding hydrogens is 581 g/mol. The van der Waals surface area contributed by atoms with Crippen molar-refractivity contribution < 1.29 is 0 Å². The highest BCUT2D eigenvalue weighted by atomic mass is 15.0. The maximum absolute atomic E-state index is 2.42. The van der Waals surface area contributed by atoms with Crippen molar-refractivity contribution in [2.75, 3.05) is 0 Å². The molecule has 0 aliphatic carbocycles. The highest BCUT2D eigenvalue weighted by molar-refractivity contribution is 6.28. The Bertz CT molecular complexity index is 2800. The number of hydrogen-bond acceptors (Lipinski definition) is 0. The number of hydrogen-bond donors (Lipinski definition) is 0. The molecule has 48 heavy (non-hydrogen) atoms. The average molecular weight is 611 g/mol. The van der Waals surface area contributed by atoms with Gasteiger partial charge in [-0.15, -0.1) is 0 Å². The maximum atomic E-state index is 2.42. The predicted molar refractivity (Wildman–Crippen MR) is 203 cm³/mol. The normalized spacial score (nSPS) is 11.8. The lowest BCUT2D eigenvalue weighted by Crippen LogP contribution is -1.94. The van der Waals surface area contributed by atoms with Gasteiger partial charge in [0.25, 0.3) is 0 Å². The van der Waals surface area contributed by atoms with E-state index in [1.54, 1.807) is 0 Å². The SMILES string of the molecule is c1ccc(-n2c3ccccc3c3c4c5ccccc5n(-c5ccc(-c6ccc(-c7ccc8ccccc8c7)cc6)cc5)c4ccc32)cc1. The van der Waals surface area contributed by atoms with Gasteiger partial charge in [-0.05, 0) is 87.6 Å². The zero-order valence-corrected chi connectivity index (χ0v) is 26.2. The van der Waals surface area contributed by atoms with Crippen molar-refractivity contribution in [2.45, 2.75) is 0 Å². The number of para-hydroxylation sites is 3. The average Bonchev–Trinajstić information content (AvgIpc) is 3.68. The quantitative estimate of drug-likeness (QED) is 0.188. The molecule has 2 aromatic heterocycles. The van der Waals surface area contributed by atoms with Gasteiger partial charge in [0, 0.05) is 32.9 Å². The molecule has 0 atom stereocenters. The van der Waals surface area contributed by atoms with Crippen molar-refractivity contribution in [3.05, 3.63) is 182 Å². The second-order valence-corrected chi connectivity index (χ2v) is 12.6. The second-order valence-electron chi connectivity index (χ2n) is 12.6. The summed E-state index contributed by atoms with van der Waals surface area (Å²) in [4.78, 5) is 0. The van der Waals surface area contributed by atoms with Gasteiger partial charge in [-0.2, -0.15) is 0 Å². The van der Waals surface area contributed by atoms with Crippen LogP contribution in [0.5, 0.6) is 0 Å². The van der Waals surface area contributed by atoms with Crippen molar-refractivity contribution in [3.63, 3.8) is 0 Å². The van der Waals surface area contributed by atoms with Gasteiger partial charge in [-0.3, -0.25) is 0 Å². The van der Waals surface area contributed by atoms with E-state index in [9.17, 15) is 0 Å². The zero-order valence-electron chi connectivity index (χ0n) is 26.2. The maximum Gasteiger partial charge on any atom is 0.0548 e. The number of nitrogens with zero attached hydrogens (tertiary/aromatic N) is 2. The van der Waals surface area contributed by atoms with Gasteiger partial charge < -0.3 is 9.13 Å². The fraction of sp³-hybridized carbons (Fsp3) is 0. The van der Waals surface area contributed by atoms with Gasteiger partial charge in [0.2, 0.25) is 0 Å². The summed E-state index contributed by atoms with van der Waals surface area (Å²) in [6.45, 7) is 0. The van der Waals surface area contributed by atoms with Crippen molar-refractivity contribution in [1.82, 2.24) is 9.13 Å². The molecule has 0 N–H and O–H groups in total. The summed E-state index contributed by atoms with van der Waals surface area (Å²) >= 11 is 0. The fourth-order valence-corrected chi connectivity index (χ4v) is 7.68. The van der Waals surface area contributed by atoms with E-state index in [-0.39, 0.29) is 0 Å². The first-order valence-corrected chi connectivity index (χ1v) is 16.5. The summed E-state index contributed by atoms with van der Waals surface area (Å²) in [6, 6.07) is 66.1. The Kier molecular flexibility index (Phi) is 5.91. The molecule has 2 heteroatoms. The van der Waals surface area contributed by atoms with Crippen LogP contribution in [-0.2, 0) is 0 Å². The smallest absolute Gasteiger partial charge is 0.0548 e. The molecule has 0 aliphatic heterocycles. The third-order valence-electron chi connectivity index (χ3n) is 9.91. The van der Waals surface area contributed by atoms with Gasteiger partial charge >= 0.3 is 0 Å². The van der Waals surface area contributed by atoms with Crippen LogP contribution in [0.15, 0.2) is 182 Å². The van der Waals surface area contributed by atoms with Crippen LogP contribution >= 0.6 is 0 Å². The summed E-state index contributed by atoms with van der Waals surface area (Å²) in [6.07, 6.45) is 0.